The van der Waals surface area contributed by atoms with Crippen LogP contribution < -0.4 is 5.32 Å². The summed E-state index contributed by atoms with van der Waals surface area (Å²) < 4.78 is 0. The summed E-state index contributed by atoms with van der Waals surface area (Å²) in [5.41, 5.74) is 4.20. The third-order valence-electron chi connectivity index (χ3n) is 3.66. The average molecular weight is 267 g/mol. The van der Waals surface area contributed by atoms with Gasteiger partial charge in [-0.25, -0.2) is 0 Å². The van der Waals surface area contributed by atoms with Crippen LogP contribution in [0.25, 0.3) is 0 Å². The van der Waals surface area contributed by atoms with Crippen molar-refractivity contribution in [1.82, 2.24) is 0 Å². The summed E-state index contributed by atoms with van der Waals surface area (Å²) in [4.78, 5) is 12.5. The number of benzene rings is 2. The predicted molar refractivity (Wildman–Crippen MR) is 84.0 cm³/mol. The van der Waals surface area contributed by atoms with Gasteiger partial charge in [0, 0.05) is 5.69 Å². The second-order valence-corrected chi connectivity index (χ2v) is 5.13. The zero-order chi connectivity index (χ0) is 14.5. The first kappa shape index (κ1) is 14.3. The molecule has 20 heavy (non-hydrogen) atoms. The zero-order valence-corrected chi connectivity index (χ0v) is 12.3. The lowest BCUT2D eigenvalue weighted by Gasteiger charge is -2.18. The van der Waals surface area contributed by atoms with Gasteiger partial charge in [0.25, 0.3) is 0 Å². The number of carbonyl (C=O) groups is 1. The summed E-state index contributed by atoms with van der Waals surface area (Å²) in [6, 6.07) is 16.0. The fraction of sp³-hybridized carbons (Fsp3) is 0.278. The molecule has 0 aromatic heterocycles. The minimum atomic E-state index is -0.102. The van der Waals surface area contributed by atoms with Gasteiger partial charge in [-0.2, -0.15) is 0 Å². The quantitative estimate of drug-likeness (QED) is 0.872. The summed E-state index contributed by atoms with van der Waals surface area (Å²) in [7, 11) is 0. The Morgan fingerprint density at radius 1 is 1.00 bits per heavy atom. The topological polar surface area (TPSA) is 29.1 Å². The second-order valence-electron chi connectivity index (χ2n) is 5.13. The van der Waals surface area contributed by atoms with E-state index in [9.17, 15) is 4.79 Å². The molecule has 0 aliphatic carbocycles. The molecule has 1 N–H and O–H groups in total. The van der Waals surface area contributed by atoms with E-state index in [2.05, 4.69) is 5.32 Å². The largest absolute Gasteiger partial charge is 0.325 e. The van der Waals surface area contributed by atoms with Crippen molar-refractivity contribution in [1.29, 1.82) is 0 Å². The highest BCUT2D eigenvalue weighted by atomic mass is 16.1. The van der Waals surface area contributed by atoms with E-state index in [4.69, 9.17) is 0 Å². The molecule has 2 heteroatoms. The standard InChI is InChI=1S/C18H21NO/c1-4-16(15-11-6-5-7-12-15)18(20)19-17-13(2)9-8-10-14(17)3/h5-12,16H,4H2,1-3H3,(H,19,20). The molecule has 1 unspecified atom stereocenters. The Morgan fingerprint density at radius 2 is 1.60 bits per heavy atom. The lowest BCUT2D eigenvalue weighted by Crippen LogP contribution is -2.21. The minimum absolute atomic E-state index is 0.0658. The van der Waals surface area contributed by atoms with E-state index in [1.807, 2.05) is 69.3 Å². The number of aryl methyl sites for hydroxylation is 2. The van der Waals surface area contributed by atoms with Gasteiger partial charge in [0.2, 0.25) is 5.91 Å². The maximum Gasteiger partial charge on any atom is 0.231 e. The lowest BCUT2D eigenvalue weighted by molar-refractivity contribution is -0.117. The van der Waals surface area contributed by atoms with Crippen molar-refractivity contribution in [2.75, 3.05) is 5.32 Å². The summed E-state index contributed by atoms with van der Waals surface area (Å²) >= 11 is 0. The van der Waals surface area contributed by atoms with Crippen LogP contribution in [0.3, 0.4) is 0 Å². The molecular weight excluding hydrogens is 246 g/mol. The molecule has 0 aliphatic rings. The number of hydrogen-bond acceptors (Lipinski definition) is 1. The van der Waals surface area contributed by atoms with Crippen LogP contribution in [-0.4, -0.2) is 5.91 Å². The Hall–Kier alpha value is -2.09. The van der Waals surface area contributed by atoms with Crippen molar-refractivity contribution in [2.45, 2.75) is 33.1 Å². The lowest BCUT2D eigenvalue weighted by atomic mass is 9.95. The smallest absolute Gasteiger partial charge is 0.231 e. The van der Waals surface area contributed by atoms with Gasteiger partial charge in [-0.15, -0.1) is 0 Å². The Balaban J connectivity index is 2.23. The van der Waals surface area contributed by atoms with Gasteiger partial charge in [0.1, 0.15) is 0 Å². The third kappa shape index (κ3) is 3.08. The van der Waals surface area contributed by atoms with Crippen molar-refractivity contribution < 1.29 is 4.79 Å². The van der Waals surface area contributed by atoms with Gasteiger partial charge >= 0.3 is 0 Å². The number of carbonyl (C=O) groups excluding carboxylic acids is 1. The maximum absolute atomic E-state index is 12.5. The Bertz CT molecular complexity index is 569. The van der Waals surface area contributed by atoms with Gasteiger partial charge < -0.3 is 5.32 Å². The predicted octanol–water partition coefficient (Wildman–Crippen LogP) is 4.44. The summed E-state index contributed by atoms with van der Waals surface area (Å²) in [6.07, 6.45) is 0.792. The van der Waals surface area contributed by atoms with Crippen LogP contribution in [0.5, 0.6) is 0 Å². The van der Waals surface area contributed by atoms with Crippen LogP contribution in [0.4, 0.5) is 5.69 Å². The number of amides is 1. The van der Waals surface area contributed by atoms with E-state index in [-0.39, 0.29) is 11.8 Å². The average Bonchev–Trinajstić information content (AvgIpc) is 2.45. The van der Waals surface area contributed by atoms with Crippen LogP contribution >= 0.6 is 0 Å². The Kier molecular flexibility index (Phi) is 4.57. The van der Waals surface area contributed by atoms with Crippen LogP contribution in [0.15, 0.2) is 48.5 Å². The first-order chi connectivity index (χ1) is 9.63. The SMILES string of the molecule is CCC(C(=O)Nc1c(C)cccc1C)c1ccccc1. The number of nitrogens with one attached hydrogen (secondary N) is 1. The van der Waals surface area contributed by atoms with Crippen molar-refractivity contribution in [3.63, 3.8) is 0 Å². The van der Waals surface area contributed by atoms with E-state index in [0.29, 0.717) is 0 Å². The molecule has 0 radical (unpaired) electrons. The molecule has 2 nitrogen and oxygen atoms in total. The summed E-state index contributed by atoms with van der Waals surface area (Å²) in [6.45, 7) is 6.08. The molecule has 1 amide bonds. The van der Waals surface area contributed by atoms with Crippen LogP contribution in [-0.2, 0) is 4.79 Å². The van der Waals surface area contributed by atoms with E-state index in [1.165, 1.54) is 0 Å². The highest BCUT2D eigenvalue weighted by molar-refractivity contribution is 5.97. The molecule has 0 saturated heterocycles. The normalized spacial score (nSPS) is 11.9. The summed E-state index contributed by atoms with van der Waals surface area (Å²) in [5.74, 6) is -0.0358. The molecule has 0 saturated carbocycles. The second kappa shape index (κ2) is 6.38. The van der Waals surface area contributed by atoms with Crippen molar-refractivity contribution in [3.05, 3.63) is 65.2 Å². The van der Waals surface area contributed by atoms with Crippen molar-refractivity contribution in [3.8, 4) is 0 Å². The van der Waals surface area contributed by atoms with Gasteiger partial charge in [-0.3, -0.25) is 4.79 Å². The molecule has 1 atom stereocenters. The number of para-hydroxylation sites is 1. The number of rotatable bonds is 4. The van der Waals surface area contributed by atoms with E-state index in [1.54, 1.807) is 0 Å². The maximum atomic E-state index is 12.5. The van der Waals surface area contributed by atoms with E-state index < -0.39 is 0 Å². The molecule has 0 aliphatic heterocycles. The van der Waals surface area contributed by atoms with Gasteiger partial charge in [-0.05, 0) is 37.0 Å². The highest BCUT2D eigenvalue weighted by Crippen LogP contribution is 2.24. The molecule has 0 bridgehead atoms. The van der Waals surface area contributed by atoms with Crippen LogP contribution in [0.1, 0.15) is 36.0 Å². The summed E-state index contributed by atoms with van der Waals surface area (Å²) in [5, 5.41) is 3.09. The molecule has 2 aromatic carbocycles. The van der Waals surface area contributed by atoms with Crippen molar-refractivity contribution in [2.24, 2.45) is 0 Å². The molecule has 2 rings (SSSR count). The first-order valence-corrected chi connectivity index (χ1v) is 7.05. The minimum Gasteiger partial charge on any atom is -0.325 e. The van der Waals surface area contributed by atoms with Gasteiger partial charge in [0.05, 0.1) is 5.92 Å². The first-order valence-electron chi connectivity index (χ1n) is 7.05. The van der Waals surface area contributed by atoms with Crippen LogP contribution in [0, 0.1) is 13.8 Å². The van der Waals surface area contributed by atoms with Gasteiger partial charge in [0.15, 0.2) is 0 Å². The monoisotopic (exact) mass is 267 g/mol. The molecule has 0 heterocycles. The Morgan fingerprint density at radius 3 is 2.15 bits per heavy atom. The molecule has 2 aromatic rings. The molecule has 104 valence electrons. The molecular formula is C18H21NO. The van der Waals surface area contributed by atoms with E-state index in [0.717, 1.165) is 28.8 Å². The van der Waals surface area contributed by atoms with Crippen LogP contribution in [0.2, 0.25) is 0 Å². The fourth-order valence-corrected chi connectivity index (χ4v) is 2.48. The number of anilines is 1. The fourth-order valence-electron chi connectivity index (χ4n) is 2.48. The molecule has 0 spiro atoms. The van der Waals surface area contributed by atoms with Crippen molar-refractivity contribution >= 4 is 11.6 Å². The van der Waals surface area contributed by atoms with E-state index >= 15 is 0 Å². The Labute approximate surface area is 120 Å². The molecule has 0 fully saturated rings. The zero-order valence-electron chi connectivity index (χ0n) is 12.3. The van der Waals surface area contributed by atoms with Gasteiger partial charge in [-0.1, -0.05) is 55.5 Å². The number of hydrogen-bond donors (Lipinski definition) is 1. The third-order valence-corrected chi connectivity index (χ3v) is 3.66. The highest BCUT2D eigenvalue weighted by Gasteiger charge is 2.19.